The zero-order chi connectivity index (χ0) is 23.5. The van der Waals surface area contributed by atoms with Gasteiger partial charge >= 0.3 is 0 Å². The highest BCUT2D eigenvalue weighted by atomic mass is 35.5. The van der Waals surface area contributed by atoms with E-state index in [1.807, 2.05) is 48.5 Å². The Kier molecular flexibility index (Phi) is 6.12. The van der Waals surface area contributed by atoms with Crippen LogP contribution in [0, 0.1) is 0 Å². The van der Waals surface area contributed by atoms with Crippen LogP contribution in [0.1, 0.15) is 17.0 Å². The number of para-hydroxylation sites is 1. The first-order valence-electron chi connectivity index (χ1n) is 10.8. The third-order valence-electron chi connectivity index (χ3n) is 5.56. The Hall–Kier alpha value is -3.94. The van der Waals surface area contributed by atoms with E-state index in [0.717, 1.165) is 5.56 Å². The summed E-state index contributed by atoms with van der Waals surface area (Å²) in [5.41, 5.74) is 2.54. The fourth-order valence-corrected chi connectivity index (χ4v) is 4.15. The second-order valence-electron chi connectivity index (χ2n) is 7.81. The van der Waals surface area contributed by atoms with Gasteiger partial charge in [0.1, 0.15) is 0 Å². The molecule has 0 fully saturated rings. The number of H-pyrrole nitrogens is 1. The van der Waals surface area contributed by atoms with Crippen LogP contribution in [0.4, 0.5) is 0 Å². The van der Waals surface area contributed by atoms with Crippen molar-refractivity contribution in [3.05, 3.63) is 128 Å². The van der Waals surface area contributed by atoms with Gasteiger partial charge in [-0.3, -0.25) is 19.7 Å². The van der Waals surface area contributed by atoms with Gasteiger partial charge < -0.3 is 9.30 Å². The lowest BCUT2D eigenvalue weighted by Gasteiger charge is -2.14. The van der Waals surface area contributed by atoms with Crippen LogP contribution in [0.15, 0.2) is 94.6 Å². The van der Waals surface area contributed by atoms with Gasteiger partial charge in [0, 0.05) is 12.3 Å². The quantitative estimate of drug-likeness (QED) is 0.383. The Labute approximate surface area is 199 Å². The molecule has 2 aromatic carbocycles. The fraction of sp³-hybridized carbons (Fsp3) is 0.115. The van der Waals surface area contributed by atoms with E-state index < -0.39 is 0 Å². The summed E-state index contributed by atoms with van der Waals surface area (Å²) in [6.45, 7) is 0.637. The van der Waals surface area contributed by atoms with E-state index >= 15 is 0 Å². The van der Waals surface area contributed by atoms with Gasteiger partial charge in [-0.1, -0.05) is 60.1 Å². The lowest BCUT2D eigenvalue weighted by Crippen LogP contribution is -2.26. The molecule has 5 rings (SSSR count). The molecule has 3 aromatic heterocycles. The lowest BCUT2D eigenvalue weighted by molar-refractivity contribution is 0.103. The second kappa shape index (κ2) is 9.51. The van der Waals surface area contributed by atoms with Crippen LogP contribution in [-0.4, -0.2) is 19.3 Å². The van der Waals surface area contributed by atoms with Gasteiger partial charge in [0.2, 0.25) is 0 Å². The summed E-state index contributed by atoms with van der Waals surface area (Å²) >= 11 is 6.34. The Balaban J connectivity index is 1.63. The molecule has 0 bridgehead atoms. The molecule has 5 aromatic rings. The van der Waals surface area contributed by atoms with E-state index in [1.54, 1.807) is 35.0 Å². The van der Waals surface area contributed by atoms with Crippen LogP contribution in [0.25, 0.3) is 16.6 Å². The third kappa shape index (κ3) is 4.31. The maximum Gasteiger partial charge on any atom is 0.281 e. The molecule has 7 nitrogen and oxygen atoms in total. The van der Waals surface area contributed by atoms with Crippen molar-refractivity contribution >= 4 is 22.5 Å². The van der Waals surface area contributed by atoms with E-state index in [-0.39, 0.29) is 24.3 Å². The molecule has 0 aliphatic carbocycles. The molecule has 3 heterocycles. The highest BCUT2D eigenvalue weighted by molar-refractivity contribution is 6.32. The molecule has 0 saturated heterocycles. The molecule has 0 spiro atoms. The predicted molar refractivity (Wildman–Crippen MR) is 131 cm³/mol. The number of fused-ring (bicyclic) bond motifs is 1. The number of aromatic amines is 1. The predicted octanol–water partition coefficient (Wildman–Crippen LogP) is 4.29. The number of hydrogen-bond donors (Lipinski definition) is 1. The molecule has 0 radical (unpaired) electrons. The van der Waals surface area contributed by atoms with Crippen LogP contribution in [0.2, 0.25) is 5.02 Å². The number of aromatic nitrogens is 4. The molecule has 8 heteroatoms. The molecule has 0 atom stereocenters. The maximum absolute atomic E-state index is 13.5. The standard InChI is InChI=1S/C26H21ClN4O3/c27-20-11-4-5-12-22(20)31-26(33)25-21(29-31)14-24(32)30(15-19-10-6-7-13-28-19)23(25)17-34-16-18-8-2-1-3-9-18/h1-14,29H,15-17H2. The molecule has 1 N–H and O–H groups in total. The first kappa shape index (κ1) is 21.9. The van der Waals surface area contributed by atoms with Crippen LogP contribution in [-0.2, 0) is 24.5 Å². The van der Waals surface area contributed by atoms with Crippen molar-refractivity contribution in [3.8, 4) is 5.69 Å². The first-order valence-corrected chi connectivity index (χ1v) is 11.1. The SMILES string of the molecule is O=c1c2c(COCc3ccccc3)n(Cc3ccccn3)c(=O)cc2[nH]n1-c1ccccc1Cl. The summed E-state index contributed by atoms with van der Waals surface area (Å²) in [5, 5.41) is 3.83. The van der Waals surface area contributed by atoms with E-state index in [1.165, 1.54) is 10.7 Å². The van der Waals surface area contributed by atoms with E-state index in [9.17, 15) is 9.59 Å². The largest absolute Gasteiger partial charge is 0.371 e. The van der Waals surface area contributed by atoms with E-state index in [4.69, 9.17) is 16.3 Å². The molecule has 170 valence electrons. The summed E-state index contributed by atoms with van der Waals surface area (Å²) in [6, 6.07) is 23.7. The zero-order valence-corrected chi connectivity index (χ0v) is 18.9. The van der Waals surface area contributed by atoms with Crippen molar-refractivity contribution in [1.82, 2.24) is 19.3 Å². The van der Waals surface area contributed by atoms with Crippen molar-refractivity contribution < 1.29 is 4.74 Å². The van der Waals surface area contributed by atoms with Gasteiger partial charge in [0.15, 0.2) is 0 Å². The Morgan fingerprint density at radius 3 is 2.44 bits per heavy atom. The Morgan fingerprint density at radius 1 is 0.912 bits per heavy atom. The number of nitrogens with one attached hydrogen (secondary N) is 1. The van der Waals surface area contributed by atoms with Gasteiger partial charge in [-0.15, -0.1) is 0 Å². The van der Waals surface area contributed by atoms with Crippen LogP contribution < -0.4 is 11.1 Å². The number of benzene rings is 2. The summed E-state index contributed by atoms with van der Waals surface area (Å²) < 4.78 is 8.88. The summed E-state index contributed by atoms with van der Waals surface area (Å²) in [4.78, 5) is 31.0. The smallest absolute Gasteiger partial charge is 0.281 e. The average molecular weight is 473 g/mol. The molecule has 0 aliphatic heterocycles. The van der Waals surface area contributed by atoms with Gasteiger partial charge in [-0.2, -0.15) is 0 Å². The molecule has 0 saturated carbocycles. The molecule has 0 amide bonds. The minimum atomic E-state index is -0.309. The van der Waals surface area contributed by atoms with Crippen molar-refractivity contribution in [2.75, 3.05) is 0 Å². The molecule has 0 aliphatic rings. The van der Waals surface area contributed by atoms with E-state index in [0.29, 0.717) is 39.6 Å². The van der Waals surface area contributed by atoms with Crippen molar-refractivity contribution in [2.24, 2.45) is 0 Å². The lowest BCUT2D eigenvalue weighted by atomic mass is 10.2. The fourth-order valence-electron chi connectivity index (χ4n) is 3.93. The average Bonchev–Trinajstić information content (AvgIpc) is 3.18. The monoisotopic (exact) mass is 472 g/mol. The summed E-state index contributed by atoms with van der Waals surface area (Å²) in [6.07, 6.45) is 1.67. The normalized spacial score (nSPS) is 11.2. The van der Waals surface area contributed by atoms with Gasteiger partial charge in [0.05, 0.1) is 52.8 Å². The van der Waals surface area contributed by atoms with Crippen molar-refractivity contribution in [3.63, 3.8) is 0 Å². The van der Waals surface area contributed by atoms with Gasteiger partial charge in [-0.25, -0.2) is 4.68 Å². The Bertz CT molecular complexity index is 1560. The van der Waals surface area contributed by atoms with Crippen LogP contribution in [0.3, 0.4) is 0 Å². The summed E-state index contributed by atoms with van der Waals surface area (Å²) in [5.74, 6) is 0. The molecular formula is C26H21ClN4O3. The number of halogens is 1. The second-order valence-corrected chi connectivity index (χ2v) is 8.21. The minimum Gasteiger partial charge on any atom is -0.371 e. The highest BCUT2D eigenvalue weighted by Gasteiger charge is 2.19. The molecule has 34 heavy (non-hydrogen) atoms. The highest BCUT2D eigenvalue weighted by Crippen LogP contribution is 2.21. The Morgan fingerprint density at radius 2 is 1.68 bits per heavy atom. The molecule has 0 unspecified atom stereocenters. The molecular weight excluding hydrogens is 452 g/mol. The minimum absolute atomic E-state index is 0.0733. The van der Waals surface area contributed by atoms with Crippen LogP contribution in [0.5, 0.6) is 0 Å². The van der Waals surface area contributed by atoms with Crippen LogP contribution >= 0.6 is 11.6 Å². The number of rotatable bonds is 7. The van der Waals surface area contributed by atoms with E-state index in [2.05, 4.69) is 10.1 Å². The maximum atomic E-state index is 13.5. The number of hydrogen-bond acceptors (Lipinski definition) is 4. The number of ether oxygens (including phenoxy) is 1. The third-order valence-corrected chi connectivity index (χ3v) is 5.88. The first-order chi connectivity index (χ1) is 16.6. The number of nitrogens with zero attached hydrogens (tertiary/aromatic N) is 3. The topological polar surface area (TPSA) is 81.9 Å². The van der Waals surface area contributed by atoms with Gasteiger partial charge in [0.25, 0.3) is 11.1 Å². The van der Waals surface area contributed by atoms with Gasteiger partial charge in [-0.05, 0) is 29.8 Å². The number of pyridine rings is 2. The summed E-state index contributed by atoms with van der Waals surface area (Å²) in [7, 11) is 0. The van der Waals surface area contributed by atoms with Crippen molar-refractivity contribution in [2.45, 2.75) is 19.8 Å². The van der Waals surface area contributed by atoms with Crippen molar-refractivity contribution in [1.29, 1.82) is 0 Å². The zero-order valence-electron chi connectivity index (χ0n) is 18.1.